The SMILES string of the molecule is Cc1cc(-n2ncc3cc(C4SCC(=O)Nc5c4c(-c4ccccn4)nn5C)c(C(F)(F)F)cc32)ccn1. The Kier molecular flexibility index (Phi) is 5.71. The fourth-order valence-corrected chi connectivity index (χ4v) is 5.86. The number of aromatic nitrogens is 6. The van der Waals surface area contributed by atoms with Gasteiger partial charge in [-0.2, -0.15) is 23.4 Å². The van der Waals surface area contributed by atoms with Crippen molar-refractivity contribution in [3.8, 4) is 17.1 Å². The van der Waals surface area contributed by atoms with Crippen LogP contribution in [0.5, 0.6) is 0 Å². The molecule has 1 amide bonds. The molecule has 6 rings (SSSR count). The summed E-state index contributed by atoms with van der Waals surface area (Å²) in [4.78, 5) is 21.1. The van der Waals surface area contributed by atoms with Crippen LogP contribution in [0, 0.1) is 6.92 Å². The predicted octanol–water partition coefficient (Wildman–Crippen LogP) is 5.32. The van der Waals surface area contributed by atoms with Gasteiger partial charge in [-0.05, 0) is 48.9 Å². The topological polar surface area (TPSA) is 90.5 Å². The Morgan fingerprint density at radius 2 is 1.95 bits per heavy atom. The fraction of sp³-hybridized carbons (Fsp3) is 0.192. The van der Waals surface area contributed by atoms with Crippen molar-refractivity contribution in [1.82, 2.24) is 29.5 Å². The highest BCUT2D eigenvalue weighted by Crippen LogP contribution is 2.49. The predicted molar refractivity (Wildman–Crippen MR) is 138 cm³/mol. The Hall–Kier alpha value is -4.19. The van der Waals surface area contributed by atoms with Gasteiger partial charge < -0.3 is 5.32 Å². The van der Waals surface area contributed by atoms with E-state index in [1.807, 2.05) is 0 Å². The molecule has 1 aromatic carbocycles. The number of nitrogens with one attached hydrogen (secondary N) is 1. The van der Waals surface area contributed by atoms with Gasteiger partial charge in [-0.3, -0.25) is 19.4 Å². The molecule has 1 unspecified atom stereocenters. The van der Waals surface area contributed by atoms with Gasteiger partial charge in [0.25, 0.3) is 0 Å². The Bertz CT molecular complexity index is 1690. The van der Waals surface area contributed by atoms with Gasteiger partial charge in [0.2, 0.25) is 5.91 Å². The van der Waals surface area contributed by atoms with E-state index in [1.165, 1.54) is 15.4 Å². The highest BCUT2D eigenvalue weighted by atomic mass is 32.2. The van der Waals surface area contributed by atoms with Crippen molar-refractivity contribution in [2.75, 3.05) is 11.1 Å². The number of nitrogens with zero attached hydrogens (tertiary/aromatic N) is 6. The molecule has 1 aliphatic heterocycles. The minimum Gasteiger partial charge on any atom is -0.310 e. The van der Waals surface area contributed by atoms with Crippen LogP contribution in [0.4, 0.5) is 19.0 Å². The van der Waals surface area contributed by atoms with Crippen LogP contribution in [-0.2, 0) is 18.0 Å². The van der Waals surface area contributed by atoms with E-state index in [4.69, 9.17) is 0 Å². The van der Waals surface area contributed by atoms with Crippen LogP contribution in [0.1, 0.15) is 27.6 Å². The molecule has 1 aliphatic rings. The van der Waals surface area contributed by atoms with Gasteiger partial charge >= 0.3 is 6.18 Å². The lowest BCUT2D eigenvalue weighted by atomic mass is 9.95. The van der Waals surface area contributed by atoms with E-state index in [2.05, 4.69) is 25.5 Å². The number of hydrogen-bond donors (Lipinski definition) is 1. The molecule has 8 nitrogen and oxygen atoms in total. The number of rotatable bonds is 3. The second-order valence-corrected chi connectivity index (χ2v) is 9.99. The summed E-state index contributed by atoms with van der Waals surface area (Å²) in [7, 11) is 1.65. The molecule has 0 saturated heterocycles. The molecule has 38 heavy (non-hydrogen) atoms. The van der Waals surface area contributed by atoms with E-state index in [0.29, 0.717) is 39.4 Å². The van der Waals surface area contributed by atoms with Crippen LogP contribution in [0.25, 0.3) is 28.0 Å². The number of fused-ring (bicyclic) bond motifs is 2. The summed E-state index contributed by atoms with van der Waals surface area (Å²) in [5.41, 5.74) is 2.27. The van der Waals surface area contributed by atoms with Crippen molar-refractivity contribution >= 4 is 34.4 Å². The standard InChI is InChI=1S/C26H20F3N7OS/c1-14-9-16(6-8-30-14)36-20-11-18(26(27,28)29)17(10-15(20)12-32-36)24-22-23(19-5-3-4-7-31-19)34-35(2)25(22)33-21(37)13-38-24/h3-12,24H,13H2,1-2H3,(H,33,37). The molecule has 0 saturated carbocycles. The number of hydrogen-bond acceptors (Lipinski definition) is 6. The smallest absolute Gasteiger partial charge is 0.310 e. The first-order chi connectivity index (χ1) is 18.2. The first-order valence-corrected chi connectivity index (χ1v) is 12.7. The second kappa shape index (κ2) is 8.98. The molecular weight excluding hydrogens is 515 g/mol. The number of thioether (sulfide) groups is 1. The summed E-state index contributed by atoms with van der Waals surface area (Å²) in [5.74, 6) is 0.0120. The van der Waals surface area contributed by atoms with E-state index in [1.54, 1.807) is 62.9 Å². The number of pyridine rings is 2. The van der Waals surface area contributed by atoms with E-state index in [-0.39, 0.29) is 17.2 Å². The second-order valence-electron chi connectivity index (χ2n) is 8.90. The van der Waals surface area contributed by atoms with Crippen LogP contribution in [0.15, 0.2) is 61.1 Å². The molecule has 4 aromatic heterocycles. The average Bonchev–Trinajstić information content (AvgIpc) is 3.39. The number of amides is 1. The van der Waals surface area contributed by atoms with Gasteiger partial charge in [0, 0.05) is 36.1 Å². The maximum absolute atomic E-state index is 14.7. The number of benzene rings is 1. The third kappa shape index (κ3) is 4.10. The van der Waals surface area contributed by atoms with E-state index < -0.39 is 17.0 Å². The van der Waals surface area contributed by atoms with Gasteiger partial charge in [-0.1, -0.05) is 6.07 Å². The summed E-state index contributed by atoms with van der Waals surface area (Å²) < 4.78 is 46.9. The highest BCUT2D eigenvalue weighted by molar-refractivity contribution is 8.00. The van der Waals surface area contributed by atoms with Crippen LogP contribution in [-0.4, -0.2) is 41.2 Å². The summed E-state index contributed by atoms with van der Waals surface area (Å²) in [5, 5.41) is 11.4. The van der Waals surface area contributed by atoms with Crippen molar-refractivity contribution in [2.45, 2.75) is 18.3 Å². The van der Waals surface area contributed by atoms with E-state index in [9.17, 15) is 18.0 Å². The first kappa shape index (κ1) is 24.2. The van der Waals surface area contributed by atoms with Crippen molar-refractivity contribution in [3.05, 3.63) is 83.4 Å². The van der Waals surface area contributed by atoms with E-state index in [0.717, 1.165) is 23.5 Å². The molecule has 5 heterocycles. The van der Waals surface area contributed by atoms with Crippen molar-refractivity contribution in [1.29, 1.82) is 0 Å². The number of aryl methyl sites for hydroxylation is 2. The maximum Gasteiger partial charge on any atom is 0.416 e. The molecule has 0 radical (unpaired) electrons. The summed E-state index contributed by atoms with van der Waals surface area (Å²) in [6, 6.07) is 11.4. The lowest BCUT2D eigenvalue weighted by molar-refractivity contribution is -0.138. The molecule has 0 aliphatic carbocycles. The molecule has 0 fully saturated rings. The largest absolute Gasteiger partial charge is 0.416 e. The maximum atomic E-state index is 14.7. The minimum absolute atomic E-state index is 0.0219. The van der Waals surface area contributed by atoms with Gasteiger partial charge in [-0.15, -0.1) is 11.8 Å². The zero-order chi connectivity index (χ0) is 26.6. The molecule has 1 atom stereocenters. The van der Waals surface area contributed by atoms with Crippen molar-refractivity contribution in [3.63, 3.8) is 0 Å². The highest BCUT2D eigenvalue weighted by Gasteiger charge is 2.40. The minimum atomic E-state index is -4.66. The monoisotopic (exact) mass is 535 g/mol. The van der Waals surface area contributed by atoms with E-state index >= 15 is 0 Å². The number of anilines is 1. The number of alkyl halides is 3. The summed E-state index contributed by atoms with van der Waals surface area (Å²) >= 11 is 1.13. The van der Waals surface area contributed by atoms with Crippen LogP contribution < -0.4 is 5.32 Å². The van der Waals surface area contributed by atoms with Crippen molar-refractivity contribution < 1.29 is 18.0 Å². The van der Waals surface area contributed by atoms with Gasteiger partial charge in [0.05, 0.1) is 39.7 Å². The Balaban J connectivity index is 1.60. The third-order valence-corrected chi connectivity index (χ3v) is 7.60. The average molecular weight is 536 g/mol. The summed E-state index contributed by atoms with van der Waals surface area (Å²) in [6.45, 7) is 1.80. The number of carbonyl (C=O) groups excluding carboxylic acids is 1. The van der Waals surface area contributed by atoms with Crippen molar-refractivity contribution in [2.24, 2.45) is 7.05 Å². The van der Waals surface area contributed by atoms with Gasteiger partial charge in [-0.25, -0.2) is 4.68 Å². The fourth-order valence-electron chi connectivity index (χ4n) is 4.71. The molecule has 0 bridgehead atoms. The Labute approximate surface area is 218 Å². The Morgan fingerprint density at radius 1 is 1.11 bits per heavy atom. The molecule has 12 heteroatoms. The van der Waals surface area contributed by atoms with Gasteiger partial charge in [0.1, 0.15) is 11.5 Å². The quantitative estimate of drug-likeness (QED) is 0.337. The Morgan fingerprint density at radius 3 is 2.68 bits per heavy atom. The van der Waals surface area contributed by atoms with Crippen LogP contribution >= 0.6 is 11.8 Å². The lowest BCUT2D eigenvalue weighted by Gasteiger charge is -2.21. The molecule has 5 aromatic rings. The normalized spacial score (nSPS) is 15.8. The van der Waals surface area contributed by atoms with Crippen LogP contribution in [0.3, 0.4) is 0 Å². The number of halogens is 3. The van der Waals surface area contributed by atoms with Crippen LogP contribution in [0.2, 0.25) is 0 Å². The third-order valence-electron chi connectivity index (χ3n) is 6.34. The zero-order valence-corrected chi connectivity index (χ0v) is 21.0. The molecule has 1 N–H and O–H groups in total. The zero-order valence-electron chi connectivity index (χ0n) is 20.2. The molecule has 192 valence electrons. The number of carbonyl (C=O) groups is 1. The first-order valence-electron chi connectivity index (χ1n) is 11.6. The molecule has 0 spiro atoms. The lowest BCUT2D eigenvalue weighted by Crippen LogP contribution is -2.15. The van der Waals surface area contributed by atoms with Gasteiger partial charge in [0.15, 0.2) is 0 Å². The summed E-state index contributed by atoms with van der Waals surface area (Å²) in [6.07, 6.45) is 0.0661. The molecular formula is C26H20F3N7OS.